The Bertz CT molecular complexity index is 594. The highest BCUT2D eigenvalue weighted by Gasteiger charge is 2.46. The fourth-order valence-corrected chi connectivity index (χ4v) is 5.54. The highest BCUT2D eigenvalue weighted by molar-refractivity contribution is 6.03. The Labute approximate surface area is 146 Å². The summed E-state index contributed by atoms with van der Waals surface area (Å²) in [6.07, 6.45) is 10.3. The summed E-state index contributed by atoms with van der Waals surface area (Å²) in [5.41, 5.74) is 2.21. The number of benzene rings is 1. The monoisotopic (exact) mass is 325 g/mol. The molecule has 2 nitrogen and oxygen atoms in total. The van der Waals surface area contributed by atoms with Crippen LogP contribution in [0.3, 0.4) is 0 Å². The van der Waals surface area contributed by atoms with Crippen LogP contribution in [0.15, 0.2) is 24.3 Å². The zero-order valence-corrected chi connectivity index (χ0v) is 15.1. The van der Waals surface area contributed by atoms with Crippen LogP contribution in [0.25, 0.3) is 0 Å². The third kappa shape index (κ3) is 2.94. The SMILES string of the molecule is CC1CC2(CCN(CC3CCCCC3)CC2)C(=O)c2ccccc21. The molecule has 1 aromatic rings. The number of ketones is 1. The van der Waals surface area contributed by atoms with Gasteiger partial charge in [-0.15, -0.1) is 0 Å². The standard InChI is InChI=1S/C22H31NO/c1-17-15-22(21(24)20-10-6-5-9-19(17)20)11-13-23(14-12-22)16-18-7-3-2-4-8-18/h5-6,9-10,17-18H,2-4,7-8,11-16H2,1H3. The summed E-state index contributed by atoms with van der Waals surface area (Å²) in [7, 11) is 0. The van der Waals surface area contributed by atoms with Crippen molar-refractivity contribution in [2.75, 3.05) is 19.6 Å². The highest BCUT2D eigenvalue weighted by Crippen LogP contribution is 2.48. The van der Waals surface area contributed by atoms with E-state index in [0.717, 1.165) is 43.8 Å². The zero-order valence-electron chi connectivity index (χ0n) is 15.1. The Morgan fingerprint density at radius 2 is 1.79 bits per heavy atom. The number of carbonyl (C=O) groups is 1. The van der Waals surface area contributed by atoms with Gasteiger partial charge >= 0.3 is 0 Å². The molecule has 0 bridgehead atoms. The number of Topliss-reactive ketones (excluding diaryl/α,β-unsaturated/α-hetero) is 1. The van der Waals surface area contributed by atoms with Crippen molar-refractivity contribution in [1.29, 1.82) is 0 Å². The minimum absolute atomic E-state index is 0.0726. The lowest BCUT2D eigenvalue weighted by Crippen LogP contribution is -2.48. The third-order valence-electron chi connectivity index (χ3n) is 6.97. The topological polar surface area (TPSA) is 20.3 Å². The molecule has 1 saturated carbocycles. The predicted octanol–water partition coefficient (Wildman–Crippen LogP) is 5.04. The second kappa shape index (κ2) is 6.63. The lowest BCUT2D eigenvalue weighted by atomic mass is 9.62. The average Bonchev–Trinajstić information content (AvgIpc) is 2.63. The average molecular weight is 325 g/mol. The molecule has 1 saturated heterocycles. The molecule has 1 atom stereocenters. The van der Waals surface area contributed by atoms with Gasteiger partial charge in [0.2, 0.25) is 0 Å². The number of rotatable bonds is 2. The van der Waals surface area contributed by atoms with E-state index < -0.39 is 0 Å². The predicted molar refractivity (Wildman–Crippen MR) is 98.5 cm³/mol. The van der Waals surface area contributed by atoms with Gasteiger partial charge in [0, 0.05) is 17.5 Å². The molecule has 24 heavy (non-hydrogen) atoms. The van der Waals surface area contributed by atoms with Gasteiger partial charge in [0.25, 0.3) is 0 Å². The van der Waals surface area contributed by atoms with Gasteiger partial charge in [0.05, 0.1) is 0 Å². The summed E-state index contributed by atoms with van der Waals surface area (Å²) in [4.78, 5) is 15.9. The van der Waals surface area contributed by atoms with E-state index in [4.69, 9.17) is 0 Å². The number of fused-ring (bicyclic) bond motifs is 1. The first-order valence-electron chi connectivity index (χ1n) is 10.0. The molecule has 0 radical (unpaired) electrons. The van der Waals surface area contributed by atoms with E-state index in [-0.39, 0.29) is 5.41 Å². The zero-order chi connectivity index (χ0) is 16.6. The highest BCUT2D eigenvalue weighted by atomic mass is 16.1. The van der Waals surface area contributed by atoms with E-state index in [1.807, 2.05) is 6.07 Å². The molecule has 2 fully saturated rings. The van der Waals surface area contributed by atoms with Gasteiger partial charge in [0.1, 0.15) is 0 Å². The first kappa shape index (κ1) is 16.3. The van der Waals surface area contributed by atoms with Crippen LogP contribution >= 0.6 is 0 Å². The number of hydrogen-bond donors (Lipinski definition) is 0. The van der Waals surface area contributed by atoms with Crippen molar-refractivity contribution in [2.24, 2.45) is 11.3 Å². The van der Waals surface area contributed by atoms with Crippen LogP contribution in [0.2, 0.25) is 0 Å². The Balaban J connectivity index is 1.44. The maximum Gasteiger partial charge on any atom is 0.169 e. The first-order chi connectivity index (χ1) is 11.7. The fourth-order valence-electron chi connectivity index (χ4n) is 5.54. The molecule has 4 rings (SSSR count). The van der Waals surface area contributed by atoms with Crippen LogP contribution in [0.4, 0.5) is 0 Å². The van der Waals surface area contributed by atoms with Crippen molar-refractivity contribution < 1.29 is 4.79 Å². The maximum absolute atomic E-state index is 13.2. The summed E-state index contributed by atoms with van der Waals surface area (Å²) in [6, 6.07) is 8.32. The minimum atomic E-state index is -0.0726. The number of hydrogen-bond acceptors (Lipinski definition) is 2. The molecule has 3 aliphatic rings. The van der Waals surface area contributed by atoms with Crippen LogP contribution in [0.1, 0.15) is 80.1 Å². The molecule has 2 heteroatoms. The summed E-state index contributed by atoms with van der Waals surface area (Å²) < 4.78 is 0. The van der Waals surface area contributed by atoms with Gasteiger partial charge in [-0.2, -0.15) is 0 Å². The summed E-state index contributed by atoms with van der Waals surface area (Å²) >= 11 is 0. The normalized spacial score (nSPS) is 28.0. The van der Waals surface area contributed by atoms with Crippen LogP contribution in [0.5, 0.6) is 0 Å². The Hall–Kier alpha value is -1.15. The van der Waals surface area contributed by atoms with Gasteiger partial charge in [-0.25, -0.2) is 0 Å². The lowest BCUT2D eigenvalue weighted by Gasteiger charge is -2.46. The largest absolute Gasteiger partial charge is 0.303 e. The summed E-state index contributed by atoms with van der Waals surface area (Å²) in [5, 5.41) is 0. The fraction of sp³-hybridized carbons (Fsp3) is 0.682. The molecule has 1 heterocycles. The molecule has 1 unspecified atom stereocenters. The number of likely N-dealkylation sites (tertiary alicyclic amines) is 1. The molecule has 1 aliphatic heterocycles. The van der Waals surface area contributed by atoms with Crippen molar-refractivity contribution in [3.63, 3.8) is 0 Å². The Kier molecular flexibility index (Phi) is 4.51. The molecule has 1 aromatic carbocycles. The lowest BCUT2D eigenvalue weighted by molar-refractivity contribution is 0.0473. The second-order valence-corrected chi connectivity index (χ2v) is 8.61. The Morgan fingerprint density at radius 1 is 1.08 bits per heavy atom. The number of piperidine rings is 1. The number of carbonyl (C=O) groups excluding carboxylic acids is 1. The Morgan fingerprint density at radius 3 is 2.54 bits per heavy atom. The van der Waals surface area contributed by atoms with Crippen LogP contribution < -0.4 is 0 Å². The van der Waals surface area contributed by atoms with E-state index in [0.29, 0.717) is 11.7 Å². The molecule has 0 N–H and O–H groups in total. The van der Waals surface area contributed by atoms with Crippen molar-refractivity contribution in [1.82, 2.24) is 4.90 Å². The van der Waals surface area contributed by atoms with Gasteiger partial charge in [0.15, 0.2) is 5.78 Å². The van der Waals surface area contributed by atoms with E-state index in [1.54, 1.807) is 0 Å². The summed E-state index contributed by atoms with van der Waals surface area (Å²) in [5.74, 6) is 1.87. The van der Waals surface area contributed by atoms with E-state index in [9.17, 15) is 4.79 Å². The van der Waals surface area contributed by atoms with Gasteiger partial charge in [-0.05, 0) is 62.6 Å². The van der Waals surface area contributed by atoms with Crippen LogP contribution in [-0.4, -0.2) is 30.3 Å². The molecule has 2 aliphatic carbocycles. The first-order valence-corrected chi connectivity index (χ1v) is 10.0. The van der Waals surface area contributed by atoms with Crippen LogP contribution in [-0.2, 0) is 0 Å². The van der Waals surface area contributed by atoms with Crippen LogP contribution in [0, 0.1) is 11.3 Å². The minimum Gasteiger partial charge on any atom is -0.303 e. The second-order valence-electron chi connectivity index (χ2n) is 8.61. The van der Waals surface area contributed by atoms with Crippen molar-refractivity contribution in [3.05, 3.63) is 35.4 Å². The van der Waals surface area contributed by atoms with Crippen molar-refractivity contribution >= 4 is 5.78 Å². The van der Waals surface area contributed by atoms with Crippen molar-refractivity contribution in [2.45, 2.75) is 64.2 Å². The smallest absolute Gasteiger partial charge is 0.169 e. The maximum atomic E-state index is 13.2. The quantitative estimate of drug-likeness (QED) is 0.759. The van der Waals surface area contributed by atoms with Gasteiger partial charge in [-0.3, -0.25) is 4.79 Å². The molecule has 0 amide bonds. The molecular weight excluding hydrogens is 294 g/mol. The summed E-state index contributed by atoms with van der Waals surface area (Å²) in [6.45, 7) is 5.83. The molecule has 0 aromatic heterocycles. The van der Waals surface area contributed by atoms with Crippen molar-refractivity contribution in [3.8, 4) is 0 Å². The van der Waals surface area contributed by atoms with E-state index >= 15 is 0 Å². The third-order valence-corrected chi connectivity index (χ3v) is 6.97. The van der Waals surface area contributed by atoms with E-state index in [1.165, 1.54) is 44.2 Å². The van der Waals surface area contributed by atoms with Gasteiger partial charge < -0.3 is 4.90 Å². The number of nitrogens with zero attached hydrogens (tertiary/aromatic N) is 1. The van der Waals surface area contributed by atoms with E-state index in [2.05, 4.69) is 30.0 Å². The van der Waals surface area contributed by atoms with Gasteiger partial charge in [-0.1, -0.05) is 50.5 Å². The molecule has 130 valence electrons. The molecule has 1 spiro atoms. The molecular formula is C22H31NO.